The summed E-state index contributed by atoms with van der Waals surface area (Å²) in [6.45, 7) is 8.05. The summed E-state index contributed by atoms with van der Waals surface area (Å²) in [7, 11) is 0. The molecular formula is C13H15KO. The van der Waals surface area contributed by atoms with Gasteiger partial charge in [-0.3, -0.25) is 0 Å². The van der Waals surface area contributed by atoms with E-state index in [4.69, 9.17) is 4.74 Å². The van der Waals surface area contributed by atoms with Gasteiger partial charge in [-0.15, -0.1) is 0 Å². The van der Waals surface area contributed by atoms with Crippen LogP contribution in [-0.4, -0.2) is 0 Å². The molecule has 15 heavy (non-hydrogen) atoms. The van der Waals surface area contributed by atoms with E-state index in [0.29, 0.717) is 6.61 Å². The Bertz CT molecular complexity index is 342. The Morgan fingerprint density at radius 1 is 1.47 bits per heavy atom. The average molecular weight is 226 g/mol. The van der Waals surface area contributed by atoms with Crippen LogP contribution in [0.15, 0.2) is 30.9 Å². The first kappa shape index (κ1) is 15.1. The molecule has 0 aromatic heterocycles. The number of hydrogen-bond acceptors (Lipinski definition) is 1. The minimum absolute atomic E-state index is 0. The van der Waals surface area contributed by atoms with Crippen LogP contribution in [0.5, 0.6) is 0 Å². The zero-order valence-corrected chi connectivity index (χ0v) is 12.8. The Balaban J connectivity index is 0.00000196. The molecule has 1 nitrogen and oxygen atoms in total. The van der Waals surface area contributed by atoms with Gasteiger partial charge in [-0.25, -0.2) is 6.58 Å². The van der Waals surface area contributed by atoms with Crippen LogP contribution in [-0.2, 0) is 11.3 Å². The molecule has 1 aromatic carbocycles. The summed E-state index contributed by atoms with van der Waals surface area (Å²) in [6.07, 6.45) is 6.55. The Hall–Kier alpha value is 0.136. The van der Waals surface area contributed by atoms with Crippen molar-refractivity contribution >= 4 is 6.08 Å². The second-order valence-corrected chi connectivity index (χ2v) is 3.06. The van der Waals surface area contributed by atoms with E-state index in [1.807, 2.05) is 19.1 Å². The van der Waals surface area contributed by atoms with Gasteiger partial charge in [0.1, 0.15) is 0 Å². The molecule has 0 radical (unpaired) electrons. The maximum atomic E-state index is 5.05. The van der Waals surface area contributed by atoms with Gasteiger partial charge in [0.2, 0.25) is 0 Å². The van der Waals surface area contributed by atoms with Gasteiger partial charge in [0, 0.05) is 0 Å². The molecule has 0 atom stereocenters. The van der Waals surface area contributed by atoms with Crippen LogP contribution in [0.2, 0.25) is 0 Å². The summed E-state index contributed by atoms with van der Waals surface area (Å²) in [5.74, 6) is 0. The molecule has 0 unspecified atom stereocenters. The maximum Gasteiger partial charge on any atom is 1.00 e. The van der Waals surface area contributed by atoms with E-state index in [9.17, 15) is 0 Å². The van der Waals surface area contributed by atoms with Crippen molar-refractivity contribution in [2.24, 2.45) is 0 Å². The van der Waals surface area contributed by atoms with Gasteiger partial charge in [0.25, 0.3) is 0 Å². The van der Waals surface area contributed by atoms with E-state index < -0.39 is 0 Å². The maximum absolute atomic E-state index is 5.05. The van der Waals surface area contributed by atoms with E-state index in [1.165, 1.54) is 16.7 Å². The Labute approximate surface area is 135 Å². The van der Waals surface area contributed by atoms with Crippen molar-refractivity contribution in [2.75, 3.05) is 0 Å². The summed E-state index contributed by atoms with van der Waals surface area (Å²) < 4.78 is 5.05. The molecule has 0 spiro atoms. The van der Waals surface area contributed by atoms with Gasteiger partial charge in [-0.2, -0.15) is 0 Å². The Morgan fingerprint density at radius 3 is 2.80 bits per heavy atom. The fourth-order valence-electron chi connectivity index (χ4n) is 1.35. The summed E-state index contributed by atoms with van der Waals surface area (Å²) in [6, 6.07) is 6.18. The third-order valence-electron chi connectivity index (χ3n) is 2.16. The second-order valence-electron chi connectivity index (χ2n) is 3.06. The zero-order valence-electron chi connectivity index (χ0n) is 9.71. The summed E-state index contributed by atoms with van der Waals surface area (Å²) >= 11 is 0. The molecule has 0 fully saturated rings. The molecule has 0 heterocycles. The van der Waals surface area contributed by atoms with Crippen LogP contribution < -0.4 is 51.4 Å². The molecule has 0 amide bonds. The quantitative estimate of drug-likeness (QED) is 0.413. The topological polar surface area (TPSA) is 9.23 Å². The minimum atomic E-state index is 0. The largest absolute Gasteiger partial charge is 1.00 e. The molecule has 0 aliphatic carbocycles. The molecule has 74 valence electrons. The standard InChI is InChI=1S/C13H15O.K/c1-4-7-12-8-6-9-13(11(12)3)10-14-5-2;/h4,6-9H,2,10H2,1,3H3;/q-1;+1/b7-4-;. The van der Waals surface area contributed by atoms with Crippen molar-refractivity contribution in [3.8, 4) is 0 Å². The summed E-state index contributed by atoms with van der Waals surface area (Å²) in [4.78, 5) is 0. The minimum Gasteiger partial charge on any atom is -0.690 e. The summed E-state index contributed by atoms with van der Waals surface area (Å²) in [5.41, 5.74) is 3.66. The van der Waals surface area contributed by atoms with Gasteiger partial charge in [0.15, 0.2) is 0 Å². The second kappa shape index (κ2) is 8.31. The number of ether oxygens (including phenoxy) is 1. The first-order valence-electron chi connectivity index (χ1n) is 4.64. The van der Waals surface area contributed by atoms with Crippen LogP contribution in [0.1, 0.15) is 23.6 Å². The Morgan fingerprint density at radius 2 is 2.20 bits per heavy atom. The fraction of sp³-hybridized carbons (Fsp3) is 0.231. The van der Waals surface area contributed by atoms with Gasteiger partial charge in [-0.05, 0) is 30.5 Å². The molecule has 0 saturated heterocycles. The molecule has 2 heteroatoms. The normalized spacial score (nSPS) is 9.73. The number of benzene rings is 1. The molecule has 1 aromatic rings. The van der Waals surface area contributed by atoms with E-state index in [1.54, 1.807) is 0 Å². The fourth-order valence-corrected chi connectivity index (χ4v) is 1.35. The smallest absolute Gasteiger partial charge is 0.690 e. The monoisotopic (exact) mass is 226 g/mol. The number of hydrogen-bond donors (Lipinski definition) is 0. The van der Waals surface area contributed by atoms with Gasteiger partial charge < -0.3 is 11.0 Å². The number of allylic oxidation sites excluding steroid dienone is 1. The number of rotatable bonds is 4. The first-order valence-corrected chi connectivity index (χ1v) is 4.64. The third kappa shape index (κ3) is 4.66. The molecule has 0 bridgehead atoms. The van der Waals surface area contributed by atoms with Gasteiger partial charge in [0.05, 0.1) is 6.61 Å². The third-order valence-corrected chi connectivity index (χ3v) is 2.16. The first-order chi connectivity index (χ1) is 6.79. The van der Waals surface area contributed by atoms with Crippen molar-refractivity contribution in [1.82, 2.24) is 0 Å². The molecule has 1 rings (SSSR count). The molecule has 0 aliphatic heterocycles. The van der Waals surface area contributed by atoms with Crippen molar-refractivity contribution in [2.45, 2.75) is 20.5 Å². The van der Waals surface area contributed by atoms with E-state index in [2.05, 4.69) is 38.0 Å². The van der Waals surface area contributed by atoms with Gasteiger partial charge >= 0.3 is 51.4 Å². The van der Waals surface area contributed by atoms with E-state index >= 15 is 0 Å². The van der Waals surface area contributed by atoms with E-state index in [-0.39, 0.29) is 51.4 Å². The van der Waals surface area contributed by atoms with Crippen molar-refractivity contribution < 1.29 is 56.1 Å². The molecule has 0 aliphatic rings. The van der Waals surface area contributed by atoms with Crippen molar-refractivity contribution in [3.63, 3.8) is 0 Å². The van der Waals surface area contributed by atoms with Crippen LogP contribution in [0.4, 0.5) is 0 Å². The predicted molar refractivity (Wildman–Crippen MR) is 59.5 cm³/mol. The predicted octanol–water partition coefficient (Wildman–Crippen LogP) is 0.495. The van der Waals surface area contributed by atoms with Crippen LogP contribution in [0, 0.1) is 13.2 Å². The zero-order chi connectivity index (χ0) is 10.4. The SMILES string of the molecule is C=[C-]OCc1cccc(/C=C\C)c1C.[K+]. The molecular weight excluding hydrogens is 211 g/mol. The Kier molecular flexibility index (Phi) is 8.38. The van der Waals surface area contributed by atoms with Crippen LogP contribution in [0.25, 0.3) is 6.08 Å². The molecule has 0 N–H and O–H groups in total. The van der Waals surface area contributed by atoms with Crippen molar-refractivity contribution in [1.29, 1.82) is 0 Å². The van der Waals surface area contributed by atoms with Gasteiger partial charge in [-0.1, -0.05) is 30.4 Å². The van der Waals surface area contributed by atoms with Crippen molar-refractivity contribution in [3.05, 3.63) is 53.8 Å². The average Bonchev–Trinajstić information content (AvgIpc) is 2.20. The van der Waals surface area contributed by atoms with E-state index in [0.717, 1.165) is 0 Å². The molecule has 0 saturated carbocycles. The summed E-state index contributed by atoms with van der Waals surface area (Å²) in [5, 5.41) is 0. The van der Waals surface area contributed by atoms with Crippen LogP contribution >= 0.6 is 0 Å². The van der Waals surface area contributed by atoms with Crippen LogP contribution in [0.3, 0.4) is 0 Å².